The van der Waals surface area contributed by atoms with Crippen molar-refractivity contribution in [3.05, 3.63) is 34.9 Å². The van der Waals surface area contributed by atoms with Crippen molar-refractivity contribution in [2.45, 2.75) is 70.6 Å². The van der Waals surface area contributed by atoms with Gasteiger partial charge in [-0.2, -0.15) is 0 Å². The summed E-state index contributed by atoms with van der Waals surface area (Å²) < 4.78 is 0. The molecule has 0 spiro atoms. The minimum absolute atomic E-state index is 0.253. The zero-order chi connectivity index (χ0) is 13.9. The predicted octanol–water partition coefficient (Wildman–Crippen LogP) is 4.53. The molecule has 1 aromatic carbocycles. The lowest BCUT2D eigenvalue weighted by Gasteiger charge is -2.39. The number of hydrogen-bond acceptors (Lipinski definition) is 1. The average molecular weight is 259 g/mol. The highest BCUT2D eigenvalue weighted by atomic mass is 14.6. The van der Waals surface area contributed by atoms with Gasteiger partial charge in [-0.25, -0.2) is 0 Å². The molecule has 1 fully saturated rings. The Morgan fingerprint density at radius 3 is 2.37 bits per heavy atom. The normalized spacial score (nSPS) is 18.8. The largest absolute Gasteiger partial charge is 0.330 e. The first-order chi connectivity index (χ1) is 9.13. The number of aryl methyl sites for hydroxylation is 1. The van der Waals surface area contributed by atoms with E-state index in [2.05, 4.69) is 39.0 Å². The van der Waals surface area contributed by atoms with Gasteiger partial charge >= 0.3 is 0 Å². The highest BCUT2D eigenvalue weighted by Gasteiger charge is 2.34. The molecule has 1 nitrogen and oxygen atoms in total. The standard InChI is InChI=1S/C18H29N/c1-4-15-8-9-16(14(2)3)17(12-15)18(13-19)10-6-5-7-11-18/h8-9,12,14H,4-7,10-11,13,19H2,1-3H3. The van der Waals surface area contributed by atoms with Gasteiger partial charge in [0.2, 0.25) is 0 Å². The van der Waals surface area contributed by atoms with Gasteiger partial charge in [-0.1, -0.05) is 58.2 Å². The Labute approximate surface area is 118 Å². The van der Waals surface area contributed by atoms with Crippen LogP contribution in [0.25, 0.3) is 0 Å². The fourth-order valence-corrected chi connectivity index (χ4v) is 3.60. The smallest absolute Gasteiger partial charge is 0.00784 e. The van der Waals surface area contributed by atoms with Gasteiger partial charge in [-0.3, -0.25) is 0 Å². The molecule has 1 aromatic rings. The van der Waals surface area contributed by atoms with Crippen molar-refractivity contribution < 1.29 is 0 Å². The Morgan fingerprint density at radius 2 is 1.84 bits per heavy atom. The van der Waals surface area contributed by atoms with E-state index in [1.54, 1.807) is 5.56 Å². The van der Waals surface area contributed by atoms with Crippen LogP contribution in [0.3, 0.4) is 0 Å². The molecule has 2 rings (SSSR count). The van der Waals surface area contributed by atoms with Crippen molar-refractivity contribution in [3.8, 4) is 0 Å². The first-order valence-corrected chi connectivity index (χ1v) is 7.96. The third kappa shape index (κ3) is 2.86. The van der Waals surface area contributed by atoms with Crippen molar-refractivity contribution in [2.24, 2.45) is 5.73 Å². The van der Waals surface area contributed by atoms with Crippen LogP contribution < -0.4 is 5.73 Å². The molecule has 1 aliphatic rings. The third-order valence-corrected chi connectivity index (χ3v) is 4.92. The number of rotatable bonds is 4. The van der Waals surface area contributed by atoms with Crippen LogP contribution >= 0.6 is 0 Å². The Hall–Kier alpha value is -0.820. The van der Waals surface area contributed by atoms with Gasteiger partial charge in [0.1, 0.15) is 0 Å². The van der Waals surface area contributed by atoms with Gasteiger partial charge in [0.05, 0.1) is 0 Å². The maximum Gasteiger partial charge on any atom is 0.00784 e. The Kier molecular flexibility index (Phi) is 4.67. The summed E-state index contributed by atoms with van der Waals surface area (Å²) in [5.41, 5.74) is 11.0. The highest BCUT2D eigenvalue weighted by molar-refractivity contribution is 5.40. The van der Waals surface area contributed by atoms with Gasteiger partial charge < -0.3 is 5.73 Å². The van der Waals surface area contributed by atoms with E-state index in [9.17, 15) is 0 Å². The molecular weight excluding hydrogens is 230 g/mol. The van der Waals surface area contributed by atoms with E-state index in [4.69, 9.17) is 5.73 Å². The molecule has 1 aliphatic carbocycles. The Morgan fingerprint density at radius 1 is 1.16 bits per heavy atom. The monoisotopic (exact) mass is 259 g/mol. The fourth-order valence-electron chi connectivity index (χ4n) is 3.60. The second kappa shape index (κ2) is 6.09. The molecule has 0 amide bonds. The Bertz CT molecular complexity index is 414. The van der Waals surface area contributed by atoms with Crippen LogP contribution in [0.1, 0.15) is 75.5 Å². The van der Waals surface area contributed by atoms with Crippen LogP contribution in [-0.2, 0) is 11.8 Å². The summed E-state index contributed by atoms with van der Waals surface area (Å²) in [6, 6.07) is 7.10. The molecule has 0 aromatic heterocycles. The first kappa shape index (κ1) is 14.6. The summed E-state index contributed by atoms with van der Waals surface area (Å²) in [5.74, 6) is 0.589. The van der Waals surface area contributed by atoms with E-state index in [-0.39, 0.29) is 5.41 Å². The van der Waals surface area contributed by atoms with E-state index in [0.29, 0.717) is 5.92 Å². The lowest BCUT2D eigenvalue weighted by atomic mass is 9.67. The molecule has 106 valence electrons. The van der Waals surface area contributed by atoms with Crippen LogP contribution in [0.15, 0.2) is 18.2 Å². The second-order valence-electron chi connectivity index (χ2n) is 6.47. The number of hydrogen-bond donors (Lipinski definition) is 1. The molecule has 0 bridgehead atoms. The fraction of sp³-hybridized carbons (Fsp3) is 0.667. The highest BCUT2D eigenvalue weighted by Crippen LogP contribution is 2.42. The molecule has 0 radical (unpaired) electrons. The SMILES string of the molecule is CCc1ccc(C(C)C)c(C2(CN)CCCCC2)c1. The summed E-state index contributed by atoms with van der Waals surface area (Å²) in [7, 11) is 0. The molecular formula is C18H29N. The Balaban J connectivity index is 2.50. The molecule has 0 heterocycles. The van der Waals surface area contributed by atoms with E-state index >= 15 is 0 Å². The van der Waals surface area contributed by atoms with Crippen molar-refractivity contribution in [1.82, 2.24) is 0 Å². The minimum Gasteiger partial charge on any atom is -0.330 e. The van der Waals surface area contributed by atoms with Crippen LogP contribution in [0, 0.1) is 0 Å². The quantitative estimate of drug-likeness (QED) is 0.844. The molecule has 0 aliphatic heterocycles. The summed E-state index contributed by atoms with van der Waals surface area (Å²) >= 11 is 0. The van der Waals surface area contributed by atoms with Crippen molar-refractivity contribution in [2.75, 3.05) is 6.54 Å². The summed E-state index contributed by atoms with van der Waals surface area (Å²) in [6.07, 6.45) is 7.72. The maximum absolute atomic E-state index is 6.23. The van der Waals surface area contributed by atoms with Crippen LogP contribution in [0.5, 0.6) is 0 Å². The average Bonchev–Trinajstić information content (AvgIpc) is 2.47. The van der Waals surface area contributed by atoms with Gasteiger partial charge in [0.25, 0.3) is 0 Å². The third-order valence-electron chi connectivity index (χ3n) is 4.92. The van der Waals surface area contributed by atoms with Crippen molar-refractivity contribution in [3.63, 3.8) is 0 Å². The van der Waals surface area contributed by atoms with Crippen LogP contribution in [-0.4, -0.2) is 6.54 Å². The van der Waals surface area contributed by atoms with Gasteiger partial charge in [0.15, 0.2) is 0 Å². The topological polar surface area (TPSA) is 26.0 Å². The second-order valence-corrected chi connectivity index (χ2v) is 6.47. The van der Waals surface area contributed by atoms with Crippen LogP contribution in [0.2, 0.25) is 0 Å². The molecule has 1 heteroatoms. The number of nitrogens with two attached hydrogens (primary N) is 1. The summed E-state index contributed by atoms with van der Waals surface area (Å²) in [4.78, 5) is 0. The molecule has 19 heavy (non-hydrogen) atoms. The van der Waals surface area contributed by atoms with Crippen molar-refractivity contribution >= 4 is 0 Å². The van der Waals surface area contributed by atoms with Gasteiger partial charge in [0, 0.05) is 12.0 Å². The minimum atomic E-state index is 0.253. The summed E-state index contributed by atoms with van der Waals surface area (Å²) in [5, 5.41) is 0. The van der Waals surface area contributed by atoms with E-state index < -0.39 is 0 Å². The van der Waals surface area contributed by atoms with Crippen molar-refractivity contribution in [1.29, 1.82) is 0 Å². The van der Waals surface area contributed by atoms with Gasteiger partial charge in [-0.15, -0.1) is 0 Å². The zero-order valence-electron chi connectivity index (χ0n) is 12.8. The van der Waals surface area contributed by atoms with E-state index in [1.807, 2.05) is 0 Å². The zero-order valence-corrected chi connectivity index (χ0v) is 12.8. The molecule has 2 N–H and O–H groups in total. The first-order valence-electron chi connectivity index (χ1n) is 7.96. The van der Waals surface area contributed by atoms with E-state index in [0.717, 1.165) is 13.0 Å². The molecule has 1 saturated carbocycles. The van der Waals surface area contributed by atoms with Gasteiger partial charge in [-0.05, 0) is 41.9 Å². The number of benzene rings is 1. The lowest BCUT2D eigenvalue weighted by molar-refractivity contribution is 0.298. The predicted molar refractivity (Wildman–Crippen MR) is 83.7 cm³/mol. The molecule has 0 unspecified atom stereocenters. The lowest BCUT2D eigenvalue weighted by Crippen LogP contribution is -2.38. The van der Waals surface area contributed by atoms with Crippen LogP contribution in [0.4, 0.5) is 0 Å². The van der Waals surface area contributed by atoms with E-state index in [1.165, 1.54) is 43.2 Å². The maximum atomic E-state index is 6.23. The summed E-state index contributed by atoms with van der Waals surface area (Å²) in [6.45, 7) is 7.65. The molecule has 0 saturated heterocycles. The molecule has 0 atom stereocenters.